The zero-order chi connectivity index (χ0) is 10.9. The minimum absolute atomic E-state index is 0.111. The fourth-order valence-corrected chi connectivity index (χ4v) is 1.66. The van der Waals surface area contributed by atoms with Crippen molar-refractivity contribution in [1.82, 2.24) is 0 Å². The lowest BCUT2D eigenvalue weighted by molar-refractivity contribution is 0.1000. The average Bonchev–Trinajstić information content (AvgIpc) is 2.01. The summed E-state index contributed by atoms with van der Waals surface area (Å²) in [5, 5.41) is 0. The van der Waals surface area contributed by atoms with E-state index in [1.165, 1.54) is 5.56 Å². The Morgan fingerprint density at radius 2 is 1.86 bits per heavy atom. The zero-order valence-electron chi connectivity index (χ0n) is 9.22. The molecule has 0 aliphatic rings. The molecule has 0 unspecified atom stereocenters. The highest BCUT2D eigenvalue weighted by atomic mass is 16.1. The number of nitrogens with two attached hydrogens (primary N) is 1. The summed E-state index contributed by atoms with van der Waals surface area (Å²) in [7, 11) is 0. The Kier molecular flexibility index (Phi) is 2.65. The molecule has 14 heavy (non-hydrogen) atoms. The van der Waals surface area contributed by atoms with Gasteiger partial charge in [0, 0.05) is 5.56 Å². The van der Waals surface area contributed by atoms with Crippen molar-refractivity contribution in [2.24, 2.45) is 5.73 Å². The van der Waals surface area contributed by atoms with E-state index in [0.717, 1.165) is 5.56 Å². The van der Waals surface area contributed by atoms with Crippen molar-refractivity contribution in [1.29, 1.82) is 0 Å². The second kappa shape index (κ2) is 3.45. The second-order valence-corrected chi connectivity index (χ2v) is 4.64. The Morgan fingerprint density at radius 3 is 2.21 bits per heavy atom. The van der Waals surface area contributed by atoms with Gasteiger partial charge in [0.1, 0.15) is 0 Å². The molecule has 0 atom stereocenters. The van der Waals surface area contributed by atoms with Crippen LogP contribution in [0.3, 0.4) is 0 Å². The molecule has 0 aliphatic carbocycles. The number of amides is 1. The summed E-state index contributed by atoms with van der Waals surface area (Å²) in [6.07, 6.45) is 0. The van der Waals surface area contributed by atoms with E-state index >= 15 is 0 Å². The normalized spacial score (nSPS) is 11.4. The Bertz CT molecular complexity index is 361. The summed E-state index contributed by atoms with van der Waals surface area (Å²) in [5.41, 5.74) is 8.26. The molecule has 0 aliphatic heterocycles. The van der Waals surface area contributed by atoms with Crippen LogP contribution in [0.15, 0.2) is 18.2 Å². The van der Waals surface area contributed by atoms with E-state index in [4.69, 9.17) is 5.73 Å². The van der Waals surface area contributed by atoms with Crippen LogP contribution in [-0.2, 0) is 5.41 Å². The summed E-state index contributed by atoms with van der Waals surface area (Å²) in [6.45, 7) is 8.46. The molecule has 0 saturated carbocycles. The lowest BCUT2D eigenvalue weighted by atomic mass is 9.83. The maximum absolute atomic E-state index is 10.9. The van der Waals surface area contributed by atoms with Crippen LogP contribution in [0.25, 0.3) is 0 Å². The highest BCUT2D eigenvalue weighted by Crippen LogP contribution is 2.25. The van der Waals surface area contributed by atoms with E-state index in [2.05, 4.69) is 20.8 Å². The van der Waals surface area contributed by atoms with Gasteiger partial charge >= 0.3 is 0 Å². The van der Waals surface area contributed by atoms with Gasteiger partial charge in [0.05, 0.1) is 0 Å². The second-order valence-electron chi connectivity index (χ2n) is 4.64. The van der Waals surface area contributed by atoms with E-state index in [-0.39, 0.29) is 11.3 Å². The molecule has 0 radical (unpaired) electrons. The maximum Gasteiger partial charge on any atom is 0.248 e. The van der Waals surface area contributed by atoms with Crippen LogP contribution in [0.2, 0.25) is 0 Å². The largest absolute Gasteiger partial charge is 0.366 e. The fraction of sp³-hybridized carbons (Fsp3) is 0.417. The van der Waals surface area contributed by atoms with Gasteiger partial charge in [0.2, 0.25) is 5.91 Å². The molecule has 1 aromatic carbocycles. The van der Waals surface area contributed by atoms with Crippen LogP contribution < -0.4 is 5.73 Å². The van der Waals surface area contributed by atoms with Crippen molar-refractivity contribution >= 4 is 5.91 Å². The predicted octanol–water partition coefficient (Wildman–Crippen LogP) is 2.39. The van der Waals surface area contributed by atoms with Crippen LogP contribution in [0.1, 0.15) is 42.3 Å². The summed E-state index contributed by atoms with van der Waals surface area (Å²) in [4.78, 5) is 10.9. The molecule has 0 fully saturated rings. The molecule has 1 rings (SSSR count). The number of carbonyl (C=O) groups excluding carboxylic acids is 1. The zero-order valence-corrected chi connectivity index (χ0v) is 9.22. The highest BCUT2D eigenvalue weighted by Gasteiger charge is 2.16. The first-order valence-corrected chi connectivity index (χ1v) is 4.73. The minimum Gasteiger partial charge on any atom is -0.366 e. The first kappa shape index (κ1) is 10.8. The van der Waals surface area contributed by atoms with Gasteiger partial charge in [-0.2, -0.15) is 0 Å². The third kappa shape index (κ3) is 2.13. The van der Waals surface area contributed by atoms with Crippen molar-refractivity contribution < 1.29 is 4.79 Å². The quantitative estimate of drug-likeness (QED) is 0.727. The first-order valence-electron chi connectivity index (χ1n) is 4.73. The molecule has 0 aromatic heterocycles. The Hall–Kier alpha value is -1.31. The van der Waals surface area contributed by atoms with Crippen LogP contribution in [0.5, 0.6) is 0 Å². The van der Waals surface area contributed by atoms with E-state index in [9.17, 15) is 4.79 Å². The summed E-state index contributed by atoms with van der Waals surface area (Å²) in [6, 6.07) is 5.62. The molecule has 1 amide bonds. The van der Waals surface area contributed by atoms with E-state index in [0.29, 0.717) is 5.56 Å². The topological polar surface area (TPSA) is 43.1 Å². The monoisotopic (exact) mass is 191 g/mol. The molecular formula is C12H17NO. The molecule has 2 N–H and O–H groups in total. The van der Waals surface area contributed by atoms with Crippen LogP contribution >= 0.6 is 0 Å². The van der Waals surface area contributed by atoms with Gasteiger partial charge < -0.3 is 5.73 Å². The van der Waals surface area contributed by atoms with Gasteiger partial charge in [-0.1, -0.05) is 26.8 Å². The number of benzene rings is 1. The van der Waals surface area contributed by atoms with E-state index < -0.39 is 0 Å². The van der Waals surface area contributed by atoms with Crippen LogP contribution in [-0.4, -0.2) is 5.91 Å². The number of carbonyl (C=O) groups is 1. The number of aryl methyl sites for hydroxylation is 1. The summed E-state index contributed by atoms with van der Waals surface area (Å²) < 4.78 is 0. The number of rotatable bonds is 1. The van der Waals surface area contributed by atoms with Crippen molar-refractivity contribution in [3.05, 3.63) is 34.9 Å². The molecule has 0 heterocycles. The van der Waals surface area contributed by atoms with Crippen LogP contribution in [0, 0.1) is 6.92 Å². The smallest absolute Gasteiger partial charge is 0.248 e. The van der Waals surface area contributed by atoms with Crippen molar-refractivity contribution in [3.63, 3.8) is 0 Å². The third-order valence-corrected chi connectivity index (χ3v) is 2.32. The standard InChI is InChI=1S/C12H17NO/c1-8-7-9(11(13)14)5-6-10(8)12(2,3)4/h5-7H,1-4H3,(H2,13,14). The lowest BCUT2D eigenvalue weighted by Crippen LogP contribution is -2.16. The van der Waals surface area contributed by atoms with Gasteiger partial charge in [-0.05, 0) is 35.6 Å². The van der Waals surface area contributed by atoms with Gasteiger partial charge in [0.25, 0.3) is 0 Å². The third-order valence-electron chi connectivity index (χ3n) is 2.32. The minimum atomic E-state index is -0.367. The van der Waals surface area contributed by atoms with Gasteiger partial charge in [0.15, 0.2) is 0 Å². The fourth-order valence-electron chi connectivity index (χ4n) is 1.66. The average molecular weight is 191 g/mol. The molecular weight excluding hydrogens is 174 g/mol. The van der Waals surface area contributed by atoms with Crippen molar-refractivity contribution in [2.75, 3.05) is 0 Å². The molecule has 0 bridgehead atoms. The SMILES string of the molecule is Cc1cc(C(N)=O)ccc1C(C)(C)C. The molecule has 0 spiro atoms. The van der Waals surface area contributed by atoms with E-state index in [1.54, 1.807) is 6.07 Å². The Balaban J connectivity index is 3.21. The summed E-state index contributed by atoms with van der Waals surface area (Å²) in [5.74, 6) is -0.367. The Morgan fingerprint density at radius 1 is 1.29 bits per heavy atom. The number of primary amides is 1. The van der Waals surface area contributed by atoms with Gasteiger partial charge in [-0.25, -0.2) is 0 Å². The molecule has 0 saturated heterocycles. The summed E-state index contributed by atoms with van der Waals surface area (Å²) >= 11 is 0. The lowest BCUT2D eigenvalue weighted by Gasteiger charge is -2.21. The maximum atomic E-state index is 10.9. The van der Waals surface area contributed by atoms with Crippen molar-refractivity contribution in [2.45, 2.75) is 33.1 Å². The predicted molar refractivity (Wildman–Crippen MR) is 58.4 cm³/mol. The molecule has 2 heteroatoms. The van der Waals surface area contributed by atoms with Crippen molar-refractivity contribution in [3.8, 4) is 0 Å². The number of hydrogen-bond acceptors (Lipinski definition) is 1. The van der Waals surface area contributed by atoms with Gasteiger partial charge in [-0.3, -0.25) is 4.79 Å². The first-order chi connectivity index (χ1) is 6.32. The van der Waals surface area contributed by atoms with Crippen LogP contribution in [0.4, 0.5) is 0 Å². The highest BCUT2D eigenvalue weighted by molar-refractivity contribution is 5.93. The molecule has 1 aromatic rings. The molecule has 2 nitrogen and oxygen atoms in total. The number of hydrogen-bond donors (Lipinski definition) is 1. The molecule has 76 valence electrons. The van der Waals surface area contributed by atoms with Gasteiger partial charge in [-0.15, -0.1) is 0 Å². The van der Waals surface area contributed by atoms with E-state index in [1.807, 2.05) is 19.1 Å². The Labute approximate surface area is 85.1 Å².